The summed E-state index contributed by atoms with van der Waals surface area (Å²) in [4.78, 5) is 28.9. The molecule has 1 aromatic heterocycles. The number of benzene rings is 1. The van der Waals surface area contributed by atoms with Crippen LogP contribution in [-0.2, 0) is 18.8 Å². The molecule has 17 heteroatoms. The summed E-state index contributed by atoms with van der Waals surface area (Å²) in [7, 11) is -2.68. The van der Waals surface area contributed by atoms with Gasteiger partial charge in [0.2, 0.25) is 0 Å². The SMILES string of the molecule is N/C(=C\N(N)C1C2ONCC2OC(Sc2cncc(Br)c2)C1OCOP(O)O)c1cc(F)c(Cl)c(F)c1. The van der Waals surface area contributed by atoms with Crippen LogP contribution < -0.4 is 17.1 Å². The quantitative estimate of drug-likeness (QED) is 0.0895. The Morgan fingerprint density at radius 2 is 2.08 bits per heavy atom. The summed E-state index contributed by atoms with van der Waals surface area (Å²) in [6.07, 6.45) is 2.54. The van der Waals surface area contributed by atoms with E-state index in [1.807, 2.05) is 6.07 Å². The first kappa shape index (κ1) is 28.8. The van der Waals surface area contributed by atoms with Crippen molar-refractivity contribution in [3.63, 3.8) is 0 Å². The van der Waals surface area contributed by atoms with Gasteiger partial charge in [0, 0.05) is 33.5 Å². The molecule has 0 bridgehead atoms. The van der Waals surface area contributed by atoms with E-state index in [2.05, 4.69) is 26.4 Å². The molecule has 7 N–H and O–H groups in total. The Hall–Kier alpha value is -1.20. The topological polar surface area (TPSA) is 158 Å². The molecule has 3 heterocycles. The van der Waals surface area contributed by atoms with Crippen molar-refractivity contribution < 1.29 is 37.4 Å². The number of hydrogen-bond acceptors (Lipinski definition) is 12. The van der Waals surface area contributed by atoms with Crippen molar-refractivity contribution in [3.05, 3.63) is 63.5 Å². The van der Waals surface area contributed by atoms with Crippen LogP contribution in [-0.4, -0.2) is 62.9 Å². The standard InChI is InChI=1S/C20H22BrClF2N5O6PS/c21-10-3-11(5-27-4-10)37-20-19(32-8-33-36(30)31)17(18-15(34-20)6-28-35-18)29(26)7-14(25)9-1-12(23)16(22)13(24)2-9/h1-5,7,15,17-20,28,30-31H,6,8,25-26H2/b14-7-. The number of pyridine rings is 1. The summed E-state index contributed by atoms with van der Waals surface area (Å²) in [5.41, 5.74) is 8.16. The molecule has 2 aliphatic rings. The van der Waals surface area contributed by atoms with Crippen LogP contribution in [0.2, 0.25) is 5.02 Å². The summed E-state index contributed by atoms with van der Waals surface area (Å²) in [5, 5.41) is 0.548. The highest BCUT2D eigenvalue weighted by Crippen LogP contribution is 2.39. The molecule has 2 aromatic rings. The number of ether oxygens (including phenoxy) is 2. The van der Waals surface area contributed by atoms with Gasteiger partial charge in [-0.2, -0.15) is 5.48 Å². The Bertz CT molecular complexity index is 1120. The maximum Gasteiger partial charge on any atom is 0.329 e. The lowest BCUT2D eigenvalue weighted by Crippen LogP contribution is -2.63. The number of fused-ring (bicyclic) bond motifs is 1. The van der Waals surface area contributed by atoms with Gasteiger partial charge in [-0.3, -0.25) is 14.3 Å². The van der Waals surface area contributed by atoms with Crippen LogP contribution >= 0.6 is 47.9 Å². The molecular weight excluding hydrogens is 623 g/mol. The van der Waals surface area contributed by atoms with Gasteiger partial charge in [0.25, 0.3) is 0 Å². The first-order valence-electron chi connectivity index (χ1n) is 10.5. The molecule has 2 aliphatic heterocycles. The van der Waals surface area contributed by atoms with E-state index in [1.165, 1.54) is 23.0 Å². The number of hydrazine groups is 1. The number of halogens is 4. The lowest BCUT2D eigenvalue weighted by molar-refractivity contribution is -0.195. The van der Waals surface area contributed by atoms with Gasteiger partial charge in [-0.05, 0) is 34.1 Å². The molecule has 1 aromatic carbocycles. The van der Waals surface area contributed by atoms with E-state index >= 15 is 0 Å². The van der Waals surface area contributed by atoms with Crippen molar-refractivity contribution >= 4 is 53.6 Å². The maximum absolute atomic E-state index is 14.0. The molecule has 0 radical (unpaired) electrons. The molecule has 0 amide bonds. The summed E-state index contributed by atoms with van der Waals surface area (Å²) in [6.45, 7) is -0.153. The van der Waals surface area contributed by atoms with E-state index in [1.54, 1.807) is 12.4 Å². The number of thioether (sulfide) groups is 1. The van der Waals surface area contributed by atoms with Gasteiger partial charge < -0.3 is 30.0 Å². The number of rotatable bonds is 9. The Labute approximate surface area is 229 Å². The number of nitrogens with zero attached hydrogens (tertiary/aromatic N) is 2. The number of aromatic nitrogens is 1. The summed E-state index contributed by atoms with van der Waals surface area (Å²) in [6, 6.07) is 3.02. The summed E-state index contributed by atoms with van der Waals surface area (Å²) in [5.74, 6) is 4.45. The Morgan fingerprint density at radius 1 is 1.35 bits per heavy atom. The van der Waals surface area contributed by atoms with Crippen LogP contribution in [0.4, 0.5) is 8.78 Å². The highest BCUT2D eigenvalue weighted by atomic mass is 79.9. The molecular formula is C20H22BrClF2N5O6PS. The first-order chi connectivity index (χ1) is 17.6. The molecule has 5 atom stereocenters. The molecule has 11 nitrogen and oxygen atoms in total. The normalized spacial score (nSPS) is 25.9. The van der Waals surface area contributed by atoms with Crippen molar-refractivity contribution in [2.24, 2.45) is 11.6 Å². The van der Waals surface area contributed by atoms with Gasteiger partial charge in [-0.15, -0.1) is 0 Å². The maximum atomic E-state index is 14.0. The third-order valence-electron chi connectivity index (χ3n) is 5.43. The Kier molecular flexibility index (Phi) is 9.94. The van der Waals surface area contributed by atoms with Crippen molar-refractivity contribution in [1.29, 1.82) is 0 Å². The van der Waals surface area contributed by atoms with Gasteiger partial charge in [0.15, 0.2) is 6.79 Å². The average Bonchev–Trinajstić information content (AvgIpc) is 3.30. The second-order valence-corrected chi connectivity index (χ2v) is 11.1. The Morgan fingerprint density at radius 3 is 2.76 bits per heavy atom. The molecule has 202 valence electrons. The van der Waals surface area contributed by atoms with E-state index < -0.39 is 61.8 Å². The molecule has 0 saturated carbocycles. The van der Waals surface area contributed by atoms with Crippen molar-refractivity contribution in [3.8, 4) is 0 Å². The highest BCUT2D eigenvalue weighted by molar-refractivity contribution is 9.10. The minimum absolute atomic E-state index is 0.0158. The van der Waals surface area contributed by atoms with Gasteiger partial charge >= 0.3 is 8.60 Å². The zero-order chi connectivity index (χ0) is 26.7. The van der Waals surface area contributed by atoms with Crippen LogP contribution in [0.15, 0.2) is 46.2 Å². The van der Waals surface area contributed by atoms with Crippen LogP contribution in [0.1, 0.15) is 5.56 Å². The van der Waals surface area contributed by atoms with E-state index in [-0.39, 0.29) is 11.3 Å². The van der Waals surface area contributed by atoms with Crippen LogP contribution in [0, 0.1) is 11.6 Å². The van der Waals surface area contributed by atoms with Crippen molar-refractivity contribution in [2.45, 2.75) is 34.7 Å². The number of hydrogen-bond donors (Lipinski definition) is 5. The monoisotopic (exact) mass is 643 g/mol. The fraction of sp³-hybridized carbons (Fsp3) is 0.350. The zero-order valence-electron chi connectivity index (χ0n) is 18.7. The molecule has 0 aliphatic carbocycles. The lowest BCUT2D eigenvalue weighted by atomic mass is 9.96. The minimum atomic E-state index is -2.68. The average molecular weight is 645 g/mol. The summed E-state index contributed by atoms with van der Waals surface area (Å²) >= 11 is 10.2. The largest absolute Gasteiger partial charge is 0.397 e. The van der Waals surface area contributed by atoms with Crippen LogP contribution in [0.5, 0.6) is 0 Å². The molecule has 4 rings (SSSR count). The third-order valence-corrected chi connectivity index (χ3v) is 7.67. The molecule has 2 fully saturated rings. The number of nitrogens with one attached hydrogen (secondary N) is 1. The number of hydroxylamine groups is 1. The molecule has 0 spiro atoms. The second kappa shape index (κ2) is 12.8. The summed E-state index contributed by atoms with van der Waals surface area (Å²) < 4.78 is 45.6. The molecule has 5 unspecified atom stereocenters. The van der Waals surface area contributed by atoms with Gasteiger partial charge in [0.05, 0.1) is 12.2 Å². The van der Waals surface area contributed by atoms with E-state index in [4.69, 9.17) is 51.8 Å². The van der Waals surface area contributed by atoms with Crippen LogP contribution in [0.3, 0.4) is 0 Å². The van der Waals surface area contributed by atoms with E-state index in [9.17, 15) is 8.78 Å². The second-order valence-electron chi connectivity index (χ2n) is 7.84. The van der Waals surface area contributed by atoms with Crippen LogP contribution in [0.25, 0.3) is 5.70 Å². The predicted molar refractivity (Wildman–Crippen MR) is 135 cm³/mol. The fourth-order valence-electron chi connectivity index (χ4n) is 3.83. The third kappa shape index (κ3) is 7.06. The minimum Gasteiger partial charge on any atom is -0.397 e. The lowest BCUT2D eigenvalue weighted by Gasteiger charge is -2.45. The van der Waals surface area contributed by atoms with Crippen molar-refractivity contribution in [2.75, 3.05) is 13.3 Å². The van der Waals surface area contributed by atoms with Crippen molar-refractivity contribution in [1.82, 2.24) is 15.5 Å². The van der Waals surface area contributed by atoms with Gasteiger partial charge in [0.1, 0.15) is 46.4 Å². The molecule has 2 saturated heterocycles. The van der Waals surface area contributed by atoms with Gasteiger partial charge in [-0.1, -0.05) is 23.4 Å². The highest BCUT2D eigenvalue weighted by Gasteiger charge is 2.52. The molecule has 37 heavy (non-hydrogen) atoms. The zero-order valence-corrected chi connectivity index (χ0v) is 22.8. The van der Waals surface area contributed by atoms with E-state index in [0.717, 1.165) is 21.5 Å². The van der Waals surface area contributed by atoms with E-state index in [0.29, 0.717) is 6.54 Å². The number of nitrogens with two attached hydrogens (primary N) is 2. The first-order valence-corrected chi connectivity index (χ1v) is 13.7. The smallest absolute Gasteiger partial charge is 0.329 e. The Balaban J connectivity index is 1.65. The fourth-order valence-corrected chi connectivity index (χ4v) is 5.77. The predicted octanol–water partition coefficient (Wildman–Crippen LogP) is 2.57. The van der Waals surface area contributed by atoms with Gasteiger partial charge in [-0.25, -0.2) is 14.6 Å².